The highest BCUT2D eigenvalue weighted by Crippen LogP contribution is 2.18. The summed E-state index contributed by atoms with van der Waals surface area (Å²) in [4.78, 5) is 23.3. The maximum atomic E-state index is 11.7. The Labute approximate surface area is 111 Å². The van der Waals surface area contributed by atoms with Crippen molar-refractivity contribution in [3.8, 4) is 0 Å². The van der Waals surface area contributed by atoms with Crippen LogP contribution in [0.15, 0.2) is 30.3 Å². The molecule has 19 heavy (non-hydrogen) atoms. The molecule has 6 heteroatoms. The molecule has 0 aliphatic heterocycles. The van der Waals surface area contributed by atoms with Crippen LogP contribution in [0.1, 0.15) is 12.5 Å². The van der Waals surface area contributed by atoms with E-state index in [1.165, 1.54) is 23.1 Å². The number of hydrogen-bond donors (Lipinski definition) is 1. The van der Waals surface area contributed by atoms with Crippen LogP contribution in [-0.2, 0) is 4.79 Å². The van der Waals surface area contributed by atoms with Crippen molar-refractivity contribution >= 4 is 17.7 Å². The third-order valence-electron chi connectivity index (χ3n) is 2.45. The Morgan fingerprint density at radius 2 is 2.16 bits per heavy atom. The van der Waals surface area contributed by atoms with Gasteiger partial charge in [-0.3, -0.25) is 14.9 Å². The molecule has 102 valence electrons. The zero-order chi connectivity index (χ0) is 14.4. The number of benzene rings is 1. The van der Waals surface area contributed by atoms with Crippen molar-refractivity contribution in [3.63, 3.8) is 0 Å². The van der Waals surface area contributed by atoms with E-state index in [4.69, 9.17) is 5.11 Å². The molecule has 0 bridgehead atoms. The number of amides is 1. The molecule has 0 fully saturated rings. The Hall–Kier alpha value is -2.21. The average molecular weight is 264 g/mol. The van der Waals surface area contributed by atoms with Gasteiger partial charge >= 0.3 is 0 Å². The van der Waals surface area contributed by atoms with E-state index in [2.05, 4.69) is 0 Å². The Bertz CT molecular complexity index is 497. The Morgan fingerprint density at radius 3 is 2.74 bits per heavy atom. The lowest BCUT2D eigenvalue weighted by atomic mass is 10.1. The lowest BCUT2D eigenvalue weighted by Crippen LogP contribution is -2.31. The zero-order valence-corrected chi connectivity index (χ0v) is 10.8. The van der Waals surface area contributed by atoms with Gasteiger partial charge < -0.3 is 10.0 Å². The Morgan fingerprint density at radius 1 is 1.53 bits per heavy atom. The average Bonchev–Trinajstić information content (AvgIpc) is 2.35. The molecule has 0 aromatic heterocycles. The fourth-order valence-corrected chi connectivity index (χ4v) is 1.57. The molecule has 0 spiro atoms. The fraction of sp³-hybridized carbons (Fsp3) is 0.308. The summed E-state index contributed by atoms with van der Waals surface area (Å²) in [6, 6.07) is 6.17. The topological polar surface area (TPSA) is 83.7 Å². The number of nitro benzene ring substituents is 1. The Balaban J connectivity index is 2.82. The van der Waals surface area contributed by atoms with Gasteiger partial charge in [0.05, 0.1) is 16.6 Å². The number of likely N-dealkylation sites (N-methyl/N-ethyl adjacent to an activating group) is 1. The summed E-state index contributed by atoms with van der Waals surface area (Å²) in [7, 11) is 1.55. The largest absolute Gasteiger partial charge is 0.392 e. The van der Waals surface area contributed by atoms with Crippen LogP contribution in [0.25, 0.3) is 6.08 Å². The van der Waals surface area contributed by atoms with Gasteiger partial charge in [0.1, 0.15) is 0 Å². The highest BCUT2D eigenvalue weighted by Gasteiger charge is 2.11. The predicted octanol–water partition coefficient (Wildman–Crippen LogP) is 1.45. The Kier molecular flexibility index (Phi) is 5.20. The van der Waals surface area contributed by atoms with Crippen molar-refractivity contribution in [1.29, 1.82) is 0 Å². The van der Waals surface area contributed by atoms with E-state index < -0.39 is 11.0 Å². The molecular weight excluding hydrogens is 248 g/mol. The smallest absolute Gasteiger partial charge is 0.276 e. The minimum absolute atomic E-state index is 0.0512. The second-order valence-electron chi connectivity index (χ2n) is 4.22. The predicted molar refractivity (Wildman–Crippen MR) is 71.4 cm³/mol. The van der Waals surface area contributed by atoms with E-state index in [0.717, 1.165) is 0 Å². The quantitative estimate of drug-likeness (QED) is 0.495. The van der Waals surface area contributed by atoms with E-state index in [1.807, 2.05) is 0 Å². The van der Waals surface area contributed by atoms with E-state index >= 15 is 0 Å². The molecule has 1 amide bonds. The minimum atomic E-state index is -0.617. The summed E-state index contributed by atoms with van der Waals surface area (Å²) in [5.41, 5.74) is 0.316. The lowest BCUT2D eigenvalue weighted by molar-refractivity contribution is -0.385. The zero-order valence-electron chi connectivity index (χ0n) is 10.8. The van der Waals surface area contributed by atoms with Crippen molar-refractivity contribution in [2.75, 3.05) is 13.6 Å². The summed E-state index contributed by atoms with van der Waals surface area (Å²) < 4.78 is 0. The van der Waals surface area contributed by atoms with Gasteiger partial charge in [-0.2, -0.15) is 0 Å². The SMILES string of the molecule is CC(O)CN(C)C(=O)/C=C/c1ccccc1[N+](=O)[O-]. The van der Waals surface area contributed by atoms with E-state index in [-0.39, 0.29) is 18.1 Å². The van der Waals surface area contributed by atoms with Gasteiger partial charge in [-0.25, -0.2) is 0 Å². The molecule has 0 saturated heterocycles. The van der Waals surface area contributed by atoms with Crippen LogP contribution in [0, 0.1) is 10.1 Å². The molecule has 6 nitrogen and oxygen atoms in total. The number of rotatable bonds is 5. The number of nitrogens with zero attached hydrogens (tertiary/aromatic N) is 2. The van der Waals surface area contributed by atoms with Crippen LogP contribution in [0.3, 0.4) is 0 Å². The lowest BCUT2D eigenvalue weighted by Gasteiger charge is -2.16. The van der Waals surface area contributed by atoms with Gasteiger partial charge in [0.15, 0.2) is 0 Å². The molecule has 1 rings (SSSR count). The summed E-state index contributed by atoms with van der Waals surface area (Å²) in [6.07, 6.45) is 2.04. The van der Waals surface area contributed by atoms with Crippen molar-refractivity contribution in [2.45, 2.75) is 13.0 Å². The fourth-order valence-electron chi connectivity index (χ4n) is 1.57. The van der Waals surface area contributed by atoms with E-state index in [0.29, 0.717) is 5.56 Å². The van der Waals surface area contributed by atoms with Crippen molar-refractivity contribution in [2.24, 2.45) is 0 Å². The number of hydrogen-bond acceptors (Lipinski definition) is 4. The van der Waals surface area contributed by atoms with Gasteiger partial charge in [-0.05, 0) is 19.1 Å². The van der Waals surface area contributed by atoms with Gasteiger partial charge in [-0.15, -0.1) is 0 Å². The molecule has 0 aliphatic rings. The molecule has 1 unspecified atom stereocenters. The summed E-state index contributed by atoms with van der Waals surface area (Å²) >= 11 is 0. The molecule has 1 aromatic rings. The minimum Gasteiger partial charge on any atom is -0.392 e. The molecule has 0 saturated carbocycles. The molecule has 0 radical (unpaired) electrons. The second-order valence-corrected chi connectivity index (χ2v) is 4.22. The van der Waals surface area contributed by atoms with Crippen molar-refractivity contribution in [3.05, 3.63) is 46.0 Å². The standard InChI is InChI=1S/C13H16N2O4/c1-10(16)9-14(2)13(17)8-7-11-5-3-4-6-12(11)15(18)19/h3-8,10,16H,9H2,1-2H3/b8-7+. The first-order chi connectivity index (χ1) is 8.91. The van der Waals surface area contributed by atoms with Gasteiger partial charge in [0, 0.05) is 25.7 Å². The number of carbonyl (C=O) groups is 1. The van der Waals surface area contributed by atoms with E-state index in [9.17, 15) is 14.9 Å². The van der Waals surface area contributed by atoms with E-state index in [1.54, 1.807) is 32.2 Å². The van der Waals surface area contributed by atoms with Crippen LogP contribution >= 0.6 is 0 Å². The summed E-state index contributed by atoms with van der Waals surface area (Å²) in [5, 5.41) is 20.0. The molecule has 0 heterocycles. The third kappa shape index (κ3) is 4.51. The van der Waals surface area contributed by atoms with Gasteiger partial charge in [0.2, 0.25) is 5.91 Å². The van der Waals surface area contributed by atoms with Crippen molar-refractivity contribution in [1.82, 2.24) is 4.90 Å². The maximum Gasteiger partial charge on any atom is 0.276 e. The monoisotopic (exact) mass is 264 g/mol. The van der Waals surface area contributed by atoms with Crippen LogP contribution in [0.4, 0.5) is 5.69 Å². The normalized spacial score (nSPS) is 12.4. The molecule has 1 atom stereocenters. The number of aliphatic hydroxyl groups is 1. The van der Waals surface area contributed by atoms with Crippen LogP contribution in [0.5, 0.6) is 0 Å². The van der Waals surface area contributed by atoms with Gasteiger partial charge in [-0.1, -0.05) is 12.1 Å². The van der Waals surface area contributed by atoms with Gasteiger partial charge in [0.25, 0.3) is 5.69 Å². The number of nitro groups is 1. The molecule has 1 aromatic carbocycles. The number of carbonyl (C=O) groups excluding carboxylic acids is 1. The van der Waals surface area contributed by atoms with Crippen LogP contribution < -0.4 is 0 Å². The first-order valence-electron chi connectivity index (χ1n) is 5.76. The highest BCUT2D eigenvalue weighted by atomic mass is 16.6. The molecule has 0 aliphatic carbocycles. The first kappa shape index (κ1) is 14.8. The summed E-state index contributed by atoms with van der Waals surface area (Å²) in [6.45, 7) is 1.79. The summed E-state index contributed by atoms with van der Waals surface area (Å²) in [5.74, 6) is -0.320. The maximum absolute atomic E-state index is 11.7. The number of para-hydroxylation sites is 1. The third-order valence-corrected chi connectivity index (χ3v) is 2.45. The molecular formula is C13H16N2O4. The van der Waals surface area contributed by atoms with Crippen LogP contribution in [0.2, 0.25) is 0 Å². The highest BCUT2D eigenvalue weighted by molar-refractivity contribution is 5.92. The van der Waals surface area contributed by atoms with Crippen LogP contribution in [-0.4, -0.2) is 40.5 Å². The number of aliphatic hydroxyl groups excluding tert-OH is 1. The molecule has 1 N–H and O–H groups in total. The van der Waals surface area contributed by atoms with Crippen molar-refractivity contribution < 1.29 is 14.8 Å². The first-order valence-corrected chi connectivity index (χ1v) is 5.76. The second kappa shape index (κ2) is 6.65.